The van der Waals surface area contributed by atoms with E-state index in [1.165, 1.54) is 10.5 Å². The number of nitrogens with zero attached hydrogens (tertiary/aromatic N) is 3. The molecule has 28 heavy (non-hydrogen) atoms. The fraction of sp³-hybridized carbons (Fsp3) is 0.316. The monoisotopic (exact) mass is 408 g/mol. The summed E-state index contributed by atoms with van der Waals surface area (Å²) in [6.07, 6.45) is -3.52. The van der Waals surface area contributed by atoms with Crippen LogP contribution in [0.1, 0.15) is 36.5 Å². The highest BCUT2D eigenvalue weighted by molar-refractivity contribution is 7.99. The molecule has 0 saturated heterocycles. The summed E-state index contributed by atoms with van der Waals surface area (Å²) in [5.74, 6) is -0.0166. The largest absolute Gasteiger partial charge is 0.417 e. The Morgan fingerprint density at radius 1 is 1.21 bits per heavy atom. The van der Waals surface area contributed by atoms with Gasteiger partial charge in [0.25, 0.3) is 0 Å². The number of thioether (sulfide) groups is 1. The van der Waals surface area contributed by atoms with Crippen molar-refractivity contribution >= 4 is 29.0 Å². The summed E-state index contributed by atoms with van der Waals surface area (Å²) in [6.45, 7) is 6.00. The van der Waals surface area contributed by atoms with Crippen molar-refractivity contribution in [2.45, 2.75) is 38.0 Å². The number of aryl methyl sites for hydroxylation is 1. The Kier molecular flexibility index (Phi) is 5.64. The molecule has 1 N–H and O–H groups in total. The predicted octanol–water partition coefficient (Wildman–Crippen LogP) is 4.91. The molecule has 1 amide bonds. The molecule has 0 saturated carbocycles. The number of hydrogen-bond donors (Lipinski definition) is 1. The third kappa shape index (κ3) is 4.30. The lowest BCUT2D eigenvalue weighted by molar-refractivity contribution is -0.137. The topological polar surface area (TPSA) is 59.3 Å². The molecule has 148 valence electrons. The molecule has 0 aliphatic rings. The maximum atomic E-state index is 12.9. The number of benzene rings is 1. The number of amides is 1. The highest BCUT2D eigenvalue weighted by Crippen LogP contribution is 2.30. The van der Waals surface area contributed by atoms with Crippen LogP contribution in [0.25, 0.3) is 5.65 Å². The van der Waals surface area contributed by atoms with Gasteiger partial charge in [-0.15, -0.1) is 10.2 Å². The van der Waals surface area contributed by atoms with E-state index >= 15 is 0 Å². The quantitative estimate of drug-likeness (QED) is 0.610. The molecule has 1 aromatic carbocycles. The van der Waals surface area contributed by atoms with Crippen LogP contribution in [0.5, 0.6) is 0 Å². The van der Waals surface area contributed by atoms with Crippen LogP contribution in [0.2, 0.25) is 0 Å². The first-order valence-electron chi connectivity index (χ1n) is 8.61. The molecule has 9 heteroatoms. The number of rotatable bonds is 5. The number of nitrogens with one attached hydrogen (secondary N) is 1. The number of anilines is 1. The minimum absolute atomic E-state index is 0.00289. The number of carbonyl (C=O) groups is 1. The van der Waals surface area contributed by atoms with Gasteiger partial charge < -0.3 is 5.32 Å². The van der Waals surface area contributed by atoms with Crippen molar-refractivity contribution in [1.82, 2.24) is 14.6 Å². The van der Waals surface area contributed by atoms with E-state index < -0.39 is 11.7 Å². The van der Waals surface area contributed by atoms with Gasteiger partial charge in [0.2, 0.25) is 5.91 Å². The van der Waals surface area contributed by atoms with E-state index in [4.69, 9.17) is 0 Å². The van der Waals surface area contributed by atoms with Crippen LogP contribution < -0.4 is 5.32 Å². The molecule has 3 rings (SSSR count). The minimum atomic E-state index is -4.46. The summed E-state index contributed by atoms with van der Waals surface area (Å²) < 4.78 is 40.0. The van der Waals surface area contributed by atoms with E-state index in [9.17, 15) is 18.0 Å². The van der Waals surface area contributed by atoms with Crippen molar-refractivity contribution < 1.29 is 18.0 Å². The zero-order valence-corrected chi connectivity index (χ0v) is 16.4. The molecule has 2 heterocycles. The Hall–Kier alpha value is -2.55. The van der Waals surface area contributed by atoms with Gasteiger partial charge in [-0.3, -0.25) is 9.20 Å². The van der Waals surface area contributed by atoms with Crippen molar-refractivity contribution in [2.75, 3.05) is 11.1 Å². The Morgan fingerprint density at radius 3 is 2.64 bits per heavy atom. The number of carbonyl (C=O) groups excluding carboxylic acids is 1. The van der Waals surface area contributed by atoms with Crippen LogP contribution in [0.3, 0.4) is 0 Å². The number of halogens is 3. The van der Waals surface area contributed by atoms with Crippen LogP contribution in [0.4, 0.5) is 18.9 Å². The lowest BCUT2D eigenvalue weighted by atomic mass is 9.98. The zero-order chi connectivity index (χ0) is 20.5. The molecule has 0 radical (unpaired) electrons. The Balaban J connectivity index is 1.75. The molecule has 0 unspecified atom stereocenters. The molecule has 3 aromatic rings. The predicted molar refractivity (Wildman–Crippen MR) is 103 cm³/mol. The molecule has 0 bridgehead atoms. The van der Waals surface area contributed by atoms with Gasteiger partial charge in [-0.2, -0.15) is 13.2 Å². The van der Waals surface area contributed by atoms with E-state index in [1.807, 2.05) is 39.0 Å². The molecule has 0 fully saturated rings. The van der Waals surface area contributed by atoms with Crippen LogP contribution >= 0.6 is 11.8 Å². The van der Waals surface area contributed by atoms with Crippen molar-refractivity contribution in [3.05, 3.63) is 53.2 Å². The zero-order valence-electron chi connectivity index (χ0n) is 15.5. The SMILES string of the molecule is Cc1cccc(C(C)C)c1NC(=O)CSc1nnc2ccc(C(F)(F)F)cn12. The first-order valence-corrected chi connectivity index (χ1v) is 9.59. The lowest BCUT2D eigenvalue weighted by Crippen LogP contribution is -2.17. The summed E-state index contributed by atoms with van der Waals surface area (Å²) in [7, 11) is 0. The standard InChI is InChI=1S/C19H19F3N4OS/c1-11(2)14-6-4-5-12(3)17(14)23-16(27)10-28-18-25-24-15-8-7-13(9-26(15)18)19(20,21)22/h4-9,11H,10H2,1-3H3,(H,23,27). The summed E-state index contributed by atoms with van der Waals surface area (Å²) in [6, 6.07) is 8.03. The number of para-hydroxylation sites is 1. The van der Waals surface area contributed by atoms with E-state index in [-0.39, 0.29) is 28.4 Å². The van der Waals surface area contributed by atoms with Gasteiger partial charge in [0, 0.05) is 11.9 Å². The number of fused-ring (bicyclic) bond motifs is 1. The van der Waals surface area contributed by atoms with E-state index in [0.717, 1.165) is 40.8 Å². The summed E-state index contributed by atoms with van der Waals surface area (Å²) in [5.41, 5.74) is 2.24. The second-order valence-electron chi connectivity index (χ2n) is 6.66. The highest BCUT2D eigenvalue weighted by atomic mass is 32.2. The van der Waals surface area contributed by atoms with Gasteiger partial charge in [-0.25, -0.2) is 0 Å². The maximum absolute atomic E-state index is 12.9. The number of aromatic nitrogens is 3. The van der Waals surface area contributed by atoms with E-state index in [0.29, 0.717) is 0 Å². The van der Waals surface area contributed by atoms with Crippen LogP contribution in [-0.4, -0.2) is 26.3 Å². The second kappa shape index (κ2) is 7.83. The molecule has 2 aromatic heterocycles. The van der Waals surface area contributed by atoms with Crippen molar-refractivity contribution in [3.63, 3.8) is 0 Å². The third-order valence-electron chi connectivity index (χ3n) is 4.22. The summed E-state index contributed by atoms with van der Waals surface area (Å²) in [5, 5.41) is 10.9. The Morgan fingerprint density at radius 2 is 1.96 bits per heavy atom. The van der Waals surface area contributed by atoms with Crippen LogP contribution in [0.15, 0.2) is 41.7 Å². The van der Waals surface area contributed by atoms with Crippen LogP contribution in [0, 0.1) is 6.92 Å². The molecule has 5 nitrogen and oxygen atoms in total. The number of hydrogen-bond acceptors (Lipinski definition) is 4. The van der Waals surface area contributed by atoms with Gasteiger partial charge in [0.15, 0.2) is 10.8 Å². The van der Waals surface area contributed by atoms with Gasteiger partial charge in [0.05, 0.1) is 11.3 Å². The average Bonchev–Trinajstić information content (AvgIpc) is 3.03. The van der Waals surface area contributed by atoms with Crippen molar-refractivity contribution in [2.24, 2.45) is 0 Å². The lowest BCUT2D eigenvalue weighted by Gasteiger charge is -2.16. The fourth-order valence-electron chi connectivity index (χ4n) is 2.78. The third-order valence-corrected chi connectivity index (χ3v) is 5.17. The van der Waals surface area contributed by atoms with Crippen LogP contribution in [-0.2, 0) is 11.0 Å². The number of pyridine rings is 1. The summed E-state index contributed by atoms with van der Waals surface area (Å²) >= 11 is 1.03. The van der Waals surface area contributed by atoms with E-state index in [2.05, 4.69) is 15.5 Å². The second-order valence-corrected chi connectivity index (χ2v) is 7.60. The smallest absolute Gasteiger partial charge is 0.325 e. The summed E-state index contributed by atoms with van der Waals surface area (Å²) in [4.78, 5) is 12.4. The van der Waals surface area contributed by atoms with Gasteiger partial charge in [-0.05, 0) is 36.1 Å². The average molecular weight is 408 g/mol. The molecule has 0 aliphatic carbocycles. The van der Waals surface area contributed by atoms with Gasteiger partial charge >= 0.3 is 6.18 Å². The van der Waals surface area contributed by atoms with E-state index in [1.54, 1.807) is 0 Å². The first kappa shape index (κ1) is 20.2. The molecule has 0 aliphatic heterocycles. The molecule has 0 atom stereocenters. The molecule has 0 spiro atoms. The van der Waals surface area contributed by atoms with Gasteiger partial charge in [-0.1, -0.05) is 43.8 Å². The molecular formula is C19H19F3N4OS. The first-order chi connectivity index (χ1) is 13.2. The molecular weight excluding hydrogens is 389 g/mol. The minimum Gasteiger partial charge on any atom is -0.325 e. The maximum Gasteiger partial charge on any atom is 0.417 e. The Labute approximate surface area is 164 Å². The van der Waals surface area contributed by atoms with Gasteiger partial charge in [0.1, 0.15) is 0 Å². The highest BCUT2D eigenvalue weighted by Gasteiger charge is 2.31. The fourth-order valence-corrected chi connectivity index (χ4v) is 3.50. The number of alkyl halides is 3. The van der Waals surface area contributed by atoms with Crippen molar-refractivity contribution in [1.29, 1.82) is 0 Å². The normalized spacial score (nSPS) is 12.0. The van der Waals surface area contributed by atoms with Crippen molar-refractivity contribution in [3.8, 4) is 0 Å². The Bertz CT molecular complexity index is 1010.